The smallest absolute Gasteiger partial charge is 0.161 e. The highest BCUT2D eigenvalue weighted by Crippen LogP contribution is 2.27. The first kappa shape index (κ1) is 15.5. The molecule has 106 valence electrons. The van der Waals surface area contributed by atoms with Crippen molar-refractivity contribution < 1.29 is 14.3 Å². The van der Waals surface area contributed by atoms with Crippen molar-refractivity contribution >= 4 is 6.29 Å². The van der Waals surface area contributed by atoms with Gasteiger partial charge in [-0.15, -0.1) is 0 Å². The minimum absolute atomic E-state index is 0.610. The van der Waals surface area contributed by atoms with Crippen molar-refractivity contribution in [2.45, 2.75) is 45.4 Å². The first-order chi connectivity index (χ1) is 9.31. The summed E-state index contributed by atoms with van der Waals surface area (Å²) in [7, 11) is 1.60. The molecule has 1 aromatic carbocycles. The van der Waals surface area contributed by atoms with Gasteiger partial charge in [-0.2, -0.15) is 0 Å². The molecule has 0 N–H and O–H groups in total. The second-order valence-electron chi connectivity index (χ2n) is 4.64. The molecule has 0 bridgehead atoms. The van der Waals surface area contributed by atoms with Crippen LogP contribution in [0.2, 0.25) is 0 Å². The van der Waals surface area contributed by atoms with Crippen molar-refractivity contribution in [3.63, 3.8) is 0 Å². The molecule has 0 aliphatic carbocycles. The number of benzene rings is 1. The van der Waals surface area contributed by atoms with Gasteiger partial charge in [0, 0.05) is 5.56 Å². The maximum Gasteiger partial charge on any atom is 0.161 e. The Morgan fingerprint density at radius 3 is 2.47 bits per heavy atom. The first-order valence-electron chi connectivity index (χ1n) is 7.07. The third kappa shape index (κ3) is 5.77. The summed E-state index contributed by atoms with van der Waals surface area (Å²) in [6.07, 6.45) is 8.20. The predicted molar refractivity (Wildman–Crippen MR) is 77.3 cm³/mol. The lowest BCUT2D eigenvalue weighted by Gasteiger charge is -2.11. The van der Waals surface area contributed by atoms with Gasteiger partial charge < -0.3 is 9.47 Å². The topological polar surface area (TPSA) is 35.5 Å². The molecule has 0 radical (unpaired) electrons. The molecule has 3 nitrogen and oxygen atoms in total. The maximum atomic E-state index is 10.7. The zero-order valence-corrected chi connectivity index (χ0v) is 12.0. The minimum Gasteiger partial charge on any atom is -0.493 e. The van der Waals surface area contributed by atoms with E-state index in [1.807, 2.05) is 0 Å². The zero-order valence-electron chi connectivity index (χ0n) is 12.0. The van der Waals surface area contributed by atoms with Crippen LogP contribution >= 0.6 is 0 Å². The molecule has 19 heavy (non-hydrogen) atoms. The lowest BCUT2D eigenvalue weighted by Crippen LogP contribution is -2.00. The van der Waals surface area contributed by atoms with Gasteiger partial charge in [0.2, 0.25) is 0 Å². The van der Waals surface area contributed by atoms with Gasteiger partial charge in [-0.05, 0) is 24.6 Å². The standard InChI is InChI=1S/C16H24O3/c1-3-4-5-6-7-8-11-19-16-12-14(13-17)9-10-15(16)18-2/h9-10,12-13H,3-8,11H2,1-2H3. The van der Waals surface area contributed by atoms with Gasteiger partial charge in [-0.25, -0.2) is 0 Å². The summed E-state index contributed by atoms with van der Waals surface area (Å²) in [6.45, 7) is 2.89. The average Bonchev–Trinajstić information content (AvgIpc) is 2.46. The Kier molecular flexibility index (Phi) is 7.71. The number of hydrogen-bond acceptors (Lipinski definition) is 3. The van der Waals surface area contributed by atoms with Crippen LogP contribution < -0.4 is 9.47 Å². The second-order valence-corrected chi connectivity index (χ2v) is 4.64. The van der Waals surface area contributed by atoms with Crippen molar-refractivity contribution in [1.82, 2.24) is 0 Å². The number of rotatable bonds is 10. The molecule has 0 aromatic heterocycles. The summed E-state index contributed by atoms with van der Waals surface area (Å²) in [5.74, 6) is 1.33. The normalized spacial score (nSPS) is 10.2. The van der Waals surface area contributed by atoms with Gasteiger partial charge >= 0.3 is 0 Å². The summed E-state index contributed by atoms with van der Waals surface area (Å²) < 4.78 is 10.9. The Balaban J connectivity index is 2.33. The van der Waals surface area contributed by atoms with E-state index >= 15 is 0 Å². The van der Waals surface area contributed by atoms with Crippen LogP contribution in [0.1, 0.15) is 55.8 Å². The summed E-state index contributed by atoms with van der Waals surface area (Å²) in [4.78, 5) is 10.7. The predicted octanol–water partition coefficient (Wildman–Crippen LogP) is 4.25. The molecule has 3 heteroatoms. The zero-order chi connectivity index (χ0) is 13.9. The van der Waals surface area contributed by atoms with E-state index in [1.54, 1.807) is 25.3 Å². The van der Waals surface area contributed by atoms with E-state index in [4.69, 9.17) is 9.47 Å². The number of methoxy groups -OCH3 is 1. The fraction of sp³-hybridized carbons (Fsp3) is 0.562. The molecule has 1 aromatic rings. The van der Waals surface area contributed by atoms with Crippen LogP contribution in [0.25, 0.3) is 0 Å². The molecule has 0 saturated heterocycles. The largest absolute Gasteiger partial charge is 0.493 e. The highest BCUT2D eigenvalue weighted by molar-refractivity contribution is 5.76. The molecule has 0 heterocycles. The van der Waals surface area contributed by atoms with Crippen LogP contribution in [0.5, 0.6) is 11.5 Å². The lowest BCUT2D eigenvalue weighted by atomic mass is 10.1. The summed E-state index contributed by atoms with van der Waals surface area (Å²) in [5.41, 5.74) is 0.610. The monoisotopic (exact) mass is 264 g/mol. The van der Waals surface area contributed by atoms with E-state index in [1.165, 1.54) is 32.1 Å². The molecule has 0 fully saturated rings. The van der Waals surface area contributed by atoms with Crippen LogP contribution in [-0.2, 0) is 0 Å². The Hall–Kier alpha value is -1.51. The summed E-state index contributed by atoms with van der Waals surface area (Å²) in [5, 5.41) is 0. The molecular weight excluding hydrogens is 240 g/mol. The van der Waals surface area contributed by atoms with Gasteiger partial charge in [0.25, 0.3) is 0 Å². The van der Waals surface area contributed by atoms with Crippen LogP contribution in [0, 0.1) is 0 Å². The fourth-order valence-electron chi connectivity index (χ4n) is 1.94. The summed E-state index contributed by atoms with van der Waals surface area (Å²) in [6, 6.07) is 5.21. The third-order valence-corrected chi connectivity index (χ3v) is 3.08. The van der Waals surface area contributed by atoms with E-state index in [2.05, 4.69) is 6.92 Å². The van der Waals surface area contributed by atoms with Crippen molar-refractivity contribution in [3.8, 4) is 11.5 Å². The van der Waals surface area contributed by atoms with E-state index in [-0.39, 0.29) is 0 Å². The molecule has 0 atom stereocenters. The van der Waals surface area contributed by atoms with Crippen molar-refractivity contribution in [1.29, 1.82) is 0 Å². The molecule has 1 rings (SSSR count). The highest BCUT2D eigenvalue weighted by atomic mass is 16.5. The Labute approximate surface area is 115 Å². The summed E-state index contributed by atoms with van der Waals surface area (Å²) >= 11 is 0. The van der Waals surface area contributed by atoms with E-state index < -0.39 is 0 Å². The van der Waals surface area contributed by atoms with Gasteiger partial charge in [-0.1, -0.05) is 39.0 Å². The van der Waals surface area contributed by atoms with Gasteiger partial charge in [-0.3, -0.25) is 4.79 Å². The van der Waals surface area contributed by atoms with Crippen LogP contribution in [0.15, 0.2) is 18.2 Å². The number of carbonyl (C=O) groups excluding carboxylic acids is 1. The molecule has 0 saturated carbocycles. The Bertz CT molecular complexity index is 374. The van der Waals surface area contributed by atoms with E-state index in [0.29, 0.717) is 23.7 Å². The van der Waals surface area contributed by atoms with Crippen molar-refractivity contribution in [3.05, 3.63) is 23.8 Å². The lowest BCUT2D eigenvalue weighted by molar-refractivity contribution is 0.112. The van der Waals surface area contributed by atoms with Crippen LogP contribution in [0.3, 0.4) is 0 Å². The average molecular weight is 264 g/mol. The number of hydrogen-bond donors (Lipinski definition) is 0. The Morgan fingerprint density at radius 1 is 1.05 bits per heavy atom. The molecule has 0 aliphatic heterocycles. The van der Waals surface area contributed by atoms with Gasteiger partial charge in [0.15, 0.2) is 11.5 Å². The van der Waals surface area contributed by atoms with Crippen LogP contribution in [-0.4, -0.2) is 20.0 Å². The van der Waals surface area contributed by atoms with Gasteiger partial charge in [0.1, 0.15) is 6.29 Å². The molecular formula is C16H24O3. The highest BCUT2D eigenvalue weighted by Gasteiger charge is 2.05. The van der Waals surface area contributed by atoms with E-state index in [0.717, 1.165) is 12.7 Å². The number of ether oxygens (including phenoxy) is 2. The quantitative estimate of drug-likeness (QED) is 0.468. The molecule has 0 amide bonds. The third-order valence-electron chi connectivity index (χ3n) is 3.08. The first-order valence-corrected chi connectivity index (χ1v) is 7.07. The van der Waals surface area contributed by atoms with Crippen molar-refractivity contribution in [2.24, 2.45) is 0 Å². The SMILES string of the molecule is CCCCCCCCOc1cc(C=O)ccc1OC. The van der Waals surface area contributed by atoms with Gasteiger partial charge in [0.05, 0.1) is 13.7 Å². The Morgan fingerprint density at radius 2 is 1.79 bits per heavy atom. The molecule has 0 aliphatic rings. The van der Waals surface area contributed by atoms with E-state index in [9.17, 15) is 4.79 Å². The maximum absolute atomic E-state index is 10.7. The van der Waals surface area contributed by atoms with Crippen molar-refractivity contribution in [2.75, 3.05) is 13.7 Å². The molecule has 0 unspecified atom stereocenters. The van der Waals surface area contributed by atoms with Crippen LogP contribution in [0.4, 0.5) is 0 Å². The number of aldehydes is 1. The second kappa shape index (κ2) is 9.42. The molecule has 0 spiro atoms. The minimum atomic E-state index is 0.610. The number of carbonyl (C=O) groups is 1. The number of unbranched alkanes of at least 4 members (excludes halogenated alkanes) is 5. The fourth-order valence-corrected chi connectivity index (χ4v) is 1.94.